The SMILES string of the molecule is C[C@@H]1CCCC[C@@H]1NC(=S)N(C)Cc1ccc(F)cc1. The molecule has 1 aromatic carbocycles. The molecule has 1 saturated carbocycles. The highest BCUT2D eigenvalue weighted by Crippen LogP contribution is 2.23. The summed E-state index contributed by atoms with van der Waals surface area (Å²) in [6.07, 6.45) is 5.09. The average Bonchev–Trinajstić information content (AvgIpc) is 2.44. The normalized spacial score (nSPS) is 22.4. The van der Waals surface area contributed by atoms with Crippen molar-refractivity contribution in [2.45, 2.75) is 45.2 Å². The summed E-state index contributed by atoms with van der Waals surface area (Å²) in [5.41, 5.74) is 1.06. The molecular weight excluding hydrogens is 271 g/mol. The molecule has 0 saturated heterocycles. The summed E-state index contributed by atoms with van der Waals surface area (Å²) in [5, 5.41) is 4.27. The van der Waals surface area contributed by atoms with Gasteiger partial charge in [0.15, 0.2) is 5.11 Å². The number of rotatable bonds is 3. The quantitative estimate of drug-likeness (QED) is 0.856. The topological polar surface area (TPSA) is 15.3 Å². The lowest BCUT2D eigenvalue weighted by Gasteiger charge is -2.33. The van der Waals surface area contributed by atoms with Gasteiger partial charge in [-0.05, 0) is 48.7 Å². The van der Waals surface area contributed by atoms with E-state index in [9.17, 15) is 4.39 Å². The van der Waals surface area contributed by atoms with Crippen LogP contribution in [0.5, 0.6) is 0 Å². The van der Waals surface area contributed by atoms with E-state index in [0.717, 1.165) is 10.7 Å². The zero-order chi connectivity index (χ0) is 14.5. The Morgan fingerprint density at radius 2 is 1.95 bits per heavy atom. The maximum absolute atomic E-state index is 12.9. The van der Waals surface area contributed by atoms with Gasteiger partial charge in [0.25, 0.3) is 0 Å². The Labute approximate surface area is 126 Å². The zero-order valence-corrected chi connectivity index (χ0v) is 13.0. The number of nitrogens with one attached hydrogen (secondary N) is 1. The molecule has 4 heteroatoms. The molecule has 20 heavy (non-hydrogen) atoms. The standard InChI is InChI=1S/C16H23FN2S/c1-12-5-3-4-6-15(12)18-16(20)19(2)11-13-7-9-14(17)10-8-13/h7-10,12,15H,3-6,11H2,1-2H3,(H,18,20)/t12-,15+/m1/s1. The molecule has 1 fully saturated rings. The van der Waals surface area contributed by atoms with E-state index in [2.05, 4.69) is 12.2 Å². The molecule has 0 heterocycles. The minimum atomic E-state index is -0.201. The van der Waals surface area contributed by atoms with Crippen LogP contribution in [0.4, 0.5) is 4.39 Å². The van der Waals surface area contributed by atoms with Crippen LogP contribution in [0, 0.1) is 11.7 Å². The Kier molecular flexibility index (Phi) is 5.35. The predicted octanol–water partition coefficient (Wildman–Crippen LogP) is 3.71. The van der Waals surface area contributed by atoms with Crippen molar-refractivity contribution in [2.24, 2.45) is 5.92 Å². The van der Waals surface area contributed by atoms with Gasteiger partial charge in [-0.1, -0.05) is 31.9 Å². The summed E-state index contributed by atoms with van der Waals surface area (Å²) in [7, 11) is 1.98. The Bertz CT molecular complexity index is 446. The molecule has 110 valence electrons. The van der Waals surface area contributed by atoms with Gasteiger partial charge < -0.3 is 10.2 Å². The van der Waals surface area contributed by atoms with E-state index in [1.807, 2.05) is 11.9 Å². The lowest BCUT2D eigenvalue weighted by Crippen LogP contribution is -2.46. The summed E-state index contributed by atoms with van der Waals surface area (Å²) in [6.45, 7) is 2.99. The van der Waals surface area contributed by atoms with E-state index >= 15 is 0 Å². The Morgan fingerprint density at radius 1 is 1.30 bits per heavy atom. The number of hydrogen-bond donors (Lipinski definition) is 1. The molecule has 1 aliphatic carbocycles. The van der Waals surface area contributed by atoms with Gasteiger partial charge in [0.1, 0.15) is 5.82 Å². The number of halogens is 1. The van der Waals surface area contributed by atoms with Crippen molar-refractivity contribution < 1.29 is 4.39 Å². The fourth-order valence-corrected chi connectivity index (χ4v) is 2.95. The van der Waals surface area contributed by atoms with Crippen molar-refractivity contribution in [1.29, 1.82) is 0 Å². The van der Waals surface area contributed by atoms with E-state index in [-0.39, 0.29) is 5.82 Å². The van der Waals surface area contributed by atoms with Crippen molar-refractivity contribution in [3.63, 3.8) is 0 Å². The van der Waals surface area contributed by atoms with Gasteiger partial charge in [-0.15, -0.1) is 0 Å². The number of hydrogen-bond acceptors (Lipinski definition) is 1. The van der Waals surface area contributed by atoms with Gasteiger partial charge in [0, 0.05) is 19.6 Å². The zero-order valence-electron chi connectivity index (χ0n) is 12.2. The van der Waals surface area contributed by atoms with Crippen molar-refractivity contribution >= 4 is 17.3 Å². The fraction of sp³-hybridized carbons (Fsp3) is 0.562. The van der Waals surface area contributed by atoms with Crippen molar-refractivity contribution in [2.75, 3.05) is 7.05 Å². The molecule has 1 N–H and O–H groups in total. The number of nitrogens with zero attached hydrogens (tertiary/aromatic N) is 1. The van der Waals surface area contributed by atoms with Gasteiger partial charge in [0.2, 0.25) is 0 Å². The molecule has 2 rings (SSSR count). The molecule has 0 radical (unpaired) electrons. The molecule has 0 unspecified atom stereocenters. The number of benzene rings is 1. The largest absolute Gasteiger partial charge is 0.360 e. The molecule has 1 aromatic rings. The van der Waals surface area contributed by atoms with Gasteiger partial charge in [-0.25, -0.2) is 4.39 Å². The van der Waals surface area contributed by atoms with Gasteiger partial charge in [-0.2, -0.15) is 0 Å². The summed E-state index contributed by atoms with van der Waals surface area (Å²) < 4.78 is 12.9. The Hall–Kier alpha value is -1.16. The third-order valence-corrected chi connectivity index (χ3v) is 4.53. The van der Waals surface area contributed by atoms with E-state index in [0.29, 0.717) is 18.5 Å². The molecule has 2 atom stereocenters. The average molecular weight is 294 g/mol. The molecule has 2 nitrogen and oxygen atoms in total. The first-order chi connectivity index (χ1) is 9.56. The fourth-order valence-electron chi connectivity index (χ4n) is 2.73. The lowest BCUT2D eigenvalue weighted by molar-refractivity contribution is 0.300. The smallest absolute Gasteiger partial charge is 0.169 e. The molecule has 0 aliphatic heterocycles. The highest BCUT2D eigenvalue weighted by Gasteiger charge is 2.22. The van der Waals surface area contributed by atoms with E-state index in [1.165, 1.54) is 37.8 Å². The second-order valence-corrected chi connectivity index (χ2v) is 6.19. The van der Waals surface area contributed by atoms with Crippen LogP contribution in [-0.4, -0.2) is 23.1 Å². The third-order valence-electron chi connectivity index (χ3n) is 4.10. The van der Waals surface area contributed by atoms with Crippen LogP contribution in [0.25, 0.3) is 0 Å². The molecule has 0 amide bonds. The molecule has 1 aliphatic rings. The minimum absolute atomic E-state index is 0.201. The van der Waals surface area contributed by atoms with Gasteiger partial charge in [0.05, 0.1) is 0 Å². The minimum Gasteiger partial charge on any atom is -0.360 e. The second-order valence-electron chi connectivity index (χ2n) is 5.80. The van der Waals surface area contributed by atoms with E-state index in [4.69, 9.17) is 12.2 Å². The third kappa shape index (κ3) is 4.17. The predicted molar refractivity (Wildman–Crippen MR) is 85.0 cm³/mol. The van der Waals surface area contributed by atoms with Crippen LogP contribution in [0.2, 0.25) is 0 Å². The molecular formula is C16H23FN2S. The van der Waals surface area contributed by atoms with Gasteiger partial charge >= 0.3 is 0 Å². The van der Waals surface area contributed by atoms with Crippen LogP contribution < -0.4 is 5.32 Å². The first-order valence-corrected chi connectivity index (χ1v) is 7.73. The van der Waals surface area contributed by atoms with Crippen LogP contribution in [0.1, 0.15) is 38.2 Å². The summed E-state index contributed by atoms with van der Waals surface area (Å²) in [4.78, 5) is 2.02. The van der Waals surface area contributed by atoms with Crippen molar-refractivity contribution in [1.82, 2.24) is 10.2 Å². The number of thiocarbonyl (C=S) groups is 1. The molecule has 0 spiro atoms. The Balaban J connectivity index is 1.86. The van der Waals surface area contributed by atoms with E-state index in [1.54, 1.807) is 12.1 Å². The maximum Gasteiger partial charge on any atom is 0.169 e. The second kappa shape index (κ2) is 7.02. The Morgan fingerprint density at radius 3 is 2.60 bits per heavy atom. The van der Waals surface area contributed by atoms with Gasteiger partial charge in [-0.3, -0.25) is 0 Å². The highest BCUT2D eigenvalue weighted by molar-refractivity contribution is 7.80. The van der Waals surface area contributed by atoms with Crippen molar-refractivity contribution in [3.05, 3.63) is 35.6 Å². The van der Waals surface area contributed by atoms with Crippen LogP contribution in [0.15, 0.2) is 24.3 Å². The van der Waals surface area contributed by atoms with Crippen LogP contribution in [-0.2, 0) is 6.54 Å². The first-order valence-electron chi connectivity index (χ1n) is 7.32. The summed E-state index contributed by atoms with van der Waals surface area (Å²) in [5.74, 6) is 0.481. The van der Waals surface area contributed by atoms with Crippen LogP contribution in [0.3, 0.4) is 0 Å². The first kappa shape index (κ1) is 15.2. The summed E-state index contributed by atoms with van der Waals surface area (Å²) in [6, 6.07) is 7.08. The van der Waals surface area contributed by atoms with Crippen LogP contribution >= 0.6 is 12.2 Å². The molecule has 0 bridgehead atoms. The lowest BCUT2D eigenvalue weighted by atomic mass is 9.86. The molecule has 0 aromatic heterocycles. The summed E-state index contributed by atoms with van der Waals surface area (Å²) >= 11 is 5.48. The van der Waals surface area contributed by atoms with E-state index < -0.39 is 0 Å². The monoisotopic (exact) mass is 294 g/mol. The van der Waals surface area contributed by atoms with Crippen molar-refractivity contribution in [3.8, 4) is 0 Å². The highest BCUT2D eigenvalue weighted by atomic mass is 32.1. The maximum atomic E-state index is 12.9.